The molecule has 2 nitrogen and oxygen atoms in total. The van der Waals surface area contributed by atoms with E-state index in [1.807, 2.05) is 31.2 Å². The molecule has 1 aromatic heterocycles. The molecule has 0 aliphatic rings. The van der Waals surface area contributed by atoms with Crippen LogP contribution in [0.3, 0.4) is 0 Å². The minimum absolute atomic E-state index is 0.551. The predicted octanol–water partition coefficient (Wildman–Crippen LogP) is 6.38. The number of halogens is 3. The quantitative estimate of drug-likeness (QED) is 0.494. The third-order valence-corrected chi connectivity index (χ3v) is 5.51. The van der Waals surface area contributed by atoms with Gasteiger partial charge >= 0.3 is 0 Å². The van der Waals surface area contributed by atoms with Crippen molar-refractivity contribution in [2.24, 2.45) is 5.73 Å². The van der Waals surface area contributed by atoms with Crippen LogP contribution >= 0.6 is 34.8 Å². The van der Waals surface area contributed by atoms with Gasteiger partial charge < -0.3 is 10.7 Å². The summed E-state index contributed by atoms with van der Waals surface area (Å²) >= 11 is 18.6. The SMILES string of the molecule is Cc1c(Cl)ccc2c(CCCCN)c(-c3ccc(Cl)c(Cl)c3)[nH]c12. The Kier molecular flexibility index (Phi) is 5.41. The van der Waals surface area contributed by atoms with Crippen molar-refractivity contribution in [3.8, 4) is 11.3 Å². The summed E-state index contributed by atoms with van der Waals surface area (Å²) in [6, 6.07) is 9.76. The first kappa shape index (κ1) is 17.6. The van der Waals surface area contributed by atoms with Crippen LogP contribution in [0.1, 0.15) is 24.0 Å². The van der Waals surface area contributed by atoms with E-state index in [-0.39, 0.29) is 0 Å². The molecule has 126 valence electrons. The zero-order valence-electron chi connectivity index (χ0n) is 13.4. The van der Waals surface area contributed by atoms with E-state index in [1.54, 1.807) is 0 Å². The van der Waals surface area contributed by atoms with Crippen molar-refractivity contribution in [3.05, 3.63) is 56.5 Å². The molecule has 0 spiro atoms. The van der Waals surface area contributed by atoms with Crippen molar-refractivity contribution in [3.63, 3.8) is 0 Å². The van der Waals surface area contributed by atoms with Crippen LogP contribution in [0.15, 0.2) is 30.3 Å². The van der Waals surface area contributed by atoms with Gasteiger partial charge in [0.2, 0.25) is 0 Å². The molecule has 0 bridgehead atoms. The van der Waals surface area contributed by atoms with Crippen molar-refractivity contribution in [1.82, 2.24) is 4.98 Å². The molecule has 0 amide bonds. The number of aryl methyl sites for hydroxylation is 2. The summed E-state index contributed by atoms with van der Waals surface area (Å²) in [5.41, 5.74) is 11.2. The second-order valence-corrected chi connectivity index (χ2v) is 7.17. The first-order chi connectivity index (χ1) is 11.5. The molecule has 3 N–H and O–H groups in total. The molecule has 1 heterocycles. The summed E-state index contributed by atoms with van der Waals surface area (Å²) < 4.78 is 0. The van der Waals surface area contributed by atoms with Gasteiger partial charge in [-0.25, -0.2) is 0 Å². The lowest BCUT2D eigenvalue weighted by Crippen LogP contribution is -1.99. The van der Waals surface area contributed by atoms with Crippen molar-refractivity contribution in [2.45, 2.75) is 26.2 Å². The normalized spacial score (nSPS) is 11.4. The molecule has 0 aliphatic carbocycles. The van der Waals surface area contributed by atoms with Gasteiger partial charge in [-0.2, -0.15) is 0 Å². The van der Waals surface area contributed by atoms with Gasteiger partial charge in [-0.1, -0.05) is 46.9 Å². The number of H-pyrrole nitrogens is 1. The summed E-state index contributed by atoms with van der Waals surface area (Å²) in [7, 11) is 0. The van der Waals surface area contributed by atoms with Crippen molar-refractivity contribution in [2.75, 3.05) is 6.54 Å². The number of nitrogens with two attached hydrogens (primary N) is 1. The lowest BCUT2D eigenvalue weighted by atomic mass is 9.99. The fourth-order valence-electron chi connectivity index (χ4n) is 3.04. The van der Waals surface area contributed by atoms with Crippen LogP contribution in [0.2, 0.25) is 15.1 Å². The number of rotatable bonds is 5. The molecule has 0 atom stereocenters. The topological polar surface area (TPSA) is 41.8 Å². The Labute approximate surface area is 156 Å². The third-order valence-electron chi connectivity index (χ3n) is 4.36. The van der Waals surface area contributed by atoms with Crippen molar-refractivity contribution >= 4 is 45.7 Å². The fourth-order valence-corrected chi connectivity index (χ4v) is 3.49. The lowest BCUT2D eigenvalue weighted by molar-refractivity contribution is 0.748. The summed E-state index contributed by atoms with van der Waals surface area (Å²) in [6.07, 6.45) is 2.99. The van der Waals surface area contributed by atoms with E-state index < -0.39 is 0 Å². The Morgan fingerprint density at radius 1 is 0.958 bits per heavy atom. The predicted molar refractivity (Wildman–Crippen MR) is 105 cm³/mol. The number of hydrogen-bond donors (Lipinski definition) is 2. The van der Waals surface area contributed by atoms with Gasteiger partial charge in [0.15, 0.2) is 0 Å². The third kappa shape index (κ3) is 3.29. The van der Waals surface area contributed by atoms with E-state index in [0.29, 0.717) is 16.6 Å². The number of fused-ring (bicyclic) bond motifs is 1. The van der Waals surface area contributed by atoms with Gasteiger partial charge in [0.05, 0.1) is 15.6 Å². The van der Waals surface area contributed by atoms with Gasteiger partial charge in [0, 0.05) is 16.1 Å². The number of unbranched alkanes of at least 4 members (excludes halogenated alkanes) is 1. The molecule has 3 aromatic rings. The number of benzene rings is 2. The van der Waals surface area contributed by atoms with Gasteiger partial charge in [0.25, 0.3) is 0 Å². The minimum Gasteiger partial charge on any atom is -0.354 e. The van der Waals surface area contributed by atoms with Crippen LogP contribution in [-0.4, -0.2) is 11.5 Å². The van der Waals surface area contributed by atoms with Crippen molar-refractivity contribution in [1.29, 1.82) is 0 Å². The molecule has 5 heteroatoms. The zero-order chi connectivity index (χ0) is 17.3. The summed E-state index contributed by atoms with van der Waals surface area (Å²) in [4.78, 5) is 3.55. The largest absolute Gasteiger partial charge is 0.354 e. The number of hydrogen-bond acceptors (Lipinski definition) is 1. The average molecular weight is 382 g/mol. The van der Waals surface area contributed by atoms with Gasteiger partial charge in [0.1, 0.15) is 0 Å². The van der Waals surface area contributed by atoms with E-state index in [4.69, 9.17) is 40.5 Å². The maximum Gasteiger partial charge on any atom is 0.0599 e. The minimum atomic E-state index is 0.551. The van der Waals surface area contributed by atoms with E-state index in [2.05, 4.69) is 11.1 Å². The lowest BCUT2D eigenvalue weighted by Gasteiger charge is -2.06. The Hall–Kier alpha value is -1.19. The Morgan fingerprint density at radius 2 is 1.71 bits per heavy atom. The first-order valence-corrected chi connectivity index (χ1v) is 9.11. The summed E-state index contributed by atoms with van der Waals surface area (Å²) in [5.74, 6) is 0. The van der Waals surface area contributed by atoms with Crippen LogP contribution in [0.25, 0.3) is 22.2 Å². The van der Waals surface area contributed by atoms with Gasteiger partial charge in [-0.05, 0) is 67.6 Å². The fraction of sp³-hybridized carbons (Fsp3) is 0.263. The zero-order valence-corrected chi connectivity index (χ0v) is 15.7. The van der Waals surface area contributed by atoms with Crippen molar-refractivity contribution < 1.29 is 0 Å². The molecule has 0 radical (unpaired) electrons. The second kappa shape index (κ2) is 7.37. The highest BCUT2D eigenvalue weighted by molar-refractivity contribution is 6.42. The highest BCUT2D eigenvalue weighted by Crippen LogP contribution is 2.37. The monoisotopic (exact) mass is 380 g/mol. The first-order valence-electron chi connectivity index (χ1n) is 7.98. The van der Waals surface area contributed by atoms with Crippen LogP contribution in [0.5, 0.6) is 0 Å². The van der Waals surface area contributed by atoms with Crippen LogP contribution < -0.4 is 5.73 Å². The molecule has 0 saturated heterocycles. The summed E-state index contributed by atoms with van der Waals surface area (Å²) in [6.45, 7) is 2.73. The molecule has 0 unspecified atom stereocenters. The molecular formula is C19H19Cl3N2. The highest BCUT2D eigenvalue weighted by Gasteiger charge is 2.16. The Bertz CT molecular complexity index is 884. The standard InChI is InChI=1S/C19H19Cl3N2/c1-11-15(20)8-6-14-13(4-2-3-9-23)19(24-18(11)14)12-5-7-16(21)17(22)10-12/h5-8,10,24H,2-4,9,23H2,1H3. The Balaban J connectivity index is 2.18. The van der Waals surface area contributed by atoms with Gasteiger partial charge in [-0.3, -0.25) is 0 Å². The van der Waals surface area contributed by atoms with E-state index in [9.17, 15) is 0 Å². The molecular weight excluding hydrogens is 363 g/mol. The maximum absolute atomic E-state index is 6.29. The van der Waals surface area contributed by atoms with E-state index in [0.717, 1.165) is 46.6 Å². The van der Waals surface area contributed by atoms with Gasteiger partial charge in [-0.15, -0.1) is 0 Å². The molecule has 3 rings (SSSR count). The number of aromatic amines is 1. The average Bonchev–Trinajstić information content (AvgIpc) is 2.93. The van der Waals surface area contributed by atoms with E-state index >= 15 is 0 Å². The Morgan fingerprint density at radius 3 is 2.42 bits per heavy atom. The maximum atomic E-state index is 6.29. The van der Waals surface area contributed by atoms with Crippen LogP contribution in [0, 0.1) is 6.92 Å². The molecule has 24 heavy (non-hydrogen) atoms. The smallest absolute Gasteiger partial charge is 0.0599 e. The second-order valence-electron chi connectivity index (χ2n) is 5.95. The highest BCUT2D eigenvalue weighted by atomic mass is 35.5. The molecule has 2 aromatic carbocycles. The number of nitrogens with one attached hydrogen (secondary N) is 1. The van der Waals surface area contributed by atoms with Crippen LogP contribution in [-0.2, 0) is 6.42 Å². The van der Waals surface area contributed by atoms with E-state index in [1.165, 1.54) is 10.9 Å². The summed E-state index contributed by atoms with van der Waals surface area (Å²) in [5, 5.41) is 3.07. The van der Waals surface area contributed by atoms with Crippen LogP contribution in [0.4, 0.5) is 0 Å². The molecule has 0 fully saturated rings. The molecule has 0 aliphatic heterocycles. The number of aromatic nitrogens is 1. The molecule has 0 saturated carbocycles.